The molecule has 7 heteroatoms. The van der Waals surface area contributed by atoms with Crippen LogP contribution in [0.25, 0.3) is 0 Å². The first-order valence-corrected chi connectivity index (χ1v) is 9.20. The fourth-order valence-corrected chi connectivity index (χ4v) is 2.78. The van der Waals surface area contributed by atoms with Gasteiger partial charge >= 0.3 is 0 Å². The third kappa shape index (κ3) is 5.52. The highest BCUT2D eigenvalue weighted by molar-refractivity contribution is 5.99. The van der Waals surface area contributed by atoms with Crippen LogP contribution in [0.15, 0.2) is 54.9 Å². The molecule has 1 amide bonds. The van der Waals surface area contributed by atoms with E-state index in [9.17, 15) is 4.79 Å². The second-order valence-corrected chi connectivity index (χ2v) is 6.62. The Labute approximate surface area is 169 Å². The molecule has 1 aromatic carbocycles. The molecule has 2 aromatic heterocycles. The SMILES string of the molecule is COCc1ccnc(N)c1C(=O)NCc1ccc(COc2ccc(C)cn2)cc1. The Morgan fingerprint density at radius 1 is 1.03 bits per heavy atom. The van der Waals surface area contributed by atoms with Gasteiger partial charge in [-0.15, -0.1) is 0 Å². The number of anilines is 1. The number of rotatable bonds is 8. The number of hydrogen-bond acceptors (Lipinski definition) is 6. The molecule has 3 rings (SSSR count). The summed E-state index contributed by atoms with van der Waals surface area (Å²) in [6.07, 6.45) is 3.33. The molecule has 7 nitrogen and oxygen atoms in total. The number of amides is 1. The standard InChI is InChI=1S/C22H24N4O3/c1-15-3-8-19(25-11-15)29-13-17-6-4-16(5-7-17)12-26-22(27)20-18(14-28-2)9-10-24-21(20)23/h3-11H,12-14H2,1-2H3,(H2,23,24)(H,26,27). The first-order valence-electron chi connectivity index (χ1n) is 9.20. The molecule has 0 bridgehead atoms. The number of ether oxygens (including phenoxy) is 2. The highest BCUT2D eigenvalue weighted by Crippen LogP contribution is 2.16. The maximum Gasteiger partial charge on any atom is 0.255 e. The van der Waals surface area contributed by atoms with Crippen LogP contribution in [0.3, 0.4) is 0 Å². The lowest BCUT2D eigenvalue weighted by Gasteiger charge is -2.12. The Morgan fingerprint density at radius 2 is 1.79 bits per heavy atom. The van der Waals surface area contributed by atoms with Gasteiger partial charge < -0.3 is 20.5 Å². The van der Waals surface area contributed by atoms with E-state index >= 15 is 0 Å². The molecule has 0 atom stereocenters. The lowest BCUT2D eigenvalue weighted by molar-refractivity contribution is 0.0946. The van der Waals surface area contributed by atoms with Crippen molar-refractivity contribution < 1.29 is 14.3 Å². The summed E-state index contributed by atoms with van der Waals surface area (Å²) >= 11 is 0. The molecule has 0 spiro atoms. The summed E-state index contributed by atoms with van der Waals surface area (Å²) in [5.41, 5.74) is 10.0. The molecule has 0 aliphatic carbocycles. The van der Waals surface area contributed by atoms with Crippen molar-refractivity contribution in [3.05, 3.63) is 82.7 Å². The van der Waals surface area contributed by atoms with Crippen LogP contribution in [0.2, 0.25) is 0 Å². The average Bonchev–Trinajstić information content (AvgIpc) is 2.73. The molecular weight excluding hydrogens is 368 g/mol. The number of hydrogen-bond donors (Lipinski definition) is 2. The molecule has 0 aliphatic heterocycles. The van der Waals surface area contributed by atoms with Gasteiger partial charge in [-0.25, -0.2) is 9.97 Å². The van der Waals surface area contributed by atoms with Crippen LogP contribution >= 0.6 is 0 Å². The summed E-state index contributed by atoms with van der Waals surface area (Å²) in [5, 5.41) is 2.88. The van der Waals surface area contributed by atoms with Crippen LogP contribution in [-0.2, 0) is 24.5 Å². The van der Waals surface area contributed by atoms with Crippen LogP contribution in [0.1, 0.15) is 32.6 Å². The third-order valence-electron chi connectivity index (χ3n) is 4.34. The summed E-state index contributed by atoms with van der Waals surface area (Å²) < 4.78 is 10.8. The normalized spacial score (nSPS) is 10.6. The Balaban J connectivity index is 1.56. The summed E-state index contributed by atoms with van der Waals surface area (Å²) in [6, 6.07) is 13.4. The van der Waals surface area contributed by atoms with E-state index in [2.05, 4.69) is 15.3 Å². The van der Waals surface area contributed by atoms with Crippen molar-refractivity contribution >= 4 is 11.7 Å². The predicted molar refractivity (Wildman–Crippen MR) is 110 cm³/mol. The monoisotopic (exact) mass is 392 g/mol. The summed E-state index contributed by atoms with van der Waals surface area (Å²) in [7, 11) is 1.57. The fraction of sp³-hybridized carbons (Fsp3) is 0.227. The van der Waals surface area contributed by atoms with Gasteiger partial charge in [-0.1, -0.05) is 30.3 Å². The molecule has 0 fully saturated rings. The van der Waals surface area contributed by atoms with E-state index in [0.717, 1.165) is 16.7 Å². The average molecular weight is 392 g/mol. The van der Waals surface area contributed by atoms with E-state index in [1.165, 1.54) is 0 Å². The fourth-order valence-electron chi connectivity index (χ4n) is 2.78. The summed E-state index contributed by atoms with van der Waals surface area (Å²) in [5.74, 6) is 0.502. The quantitative estimate of drug-likeness (QED) is 0.611. The van der Waals surface area contributed by atoms with Crippen LogP contribution < -0.4 is 15.8 Å². The predicted octanol–water partition coefficient (Wildman–Crippen LogP) is 3.02. The number of aryl methyl sites for hydroxylation is 1. The van der Waals surface area contributed by atoms with Crippen molar-refractivity contribution in [2.24, 2.45) is 0 Å². The zero-order chi connectivity index (χ0) is 20.6. The molecule has 0 saturated heterocycles. The highest BCUT2D eigenvalue weighted by Gasteiger charge is 2.15. The Kier molecular flexibility index (Phi) is 6.76. The van der Waals surface area contributed by atoms with Crippen LogP contribution in [0.5, 0.6) is 5.88 Å². The van der Waals surface area contributed by atoms with E-state index in [1.807, 2.05) is 43.3 Å². The van der Waals surface area contributed by atoms with Crippen molar-refractivity contribution in [2.45, 2.75) is 26.7 Å². The molecule has 0 radical (unpaired) electrons. The van der Waals surface area contributed by atoms with Crippen LogP contribution in [-0.4, -0.2) is 23.0 Å². The smallest absolute Gasteiger partial charge is 0.255 e. The Morgan fingerprint density at radius 3 is 2.48 bits per heavy atom. The molecule has 0 aliphatic rings. The topological polar surface area (TPSA) is 99.4 Å². The summed E-state index contributed by atoms with van der Waals surface area (Å²) in [4.78, 5) is 20.8. The molecule has 3 N–H and O–H groups in total. The minimum atomic E-state index is -0.277. The van der Waals surface area contributed by atoms with E-state index in [-0.39, 0.29) is 11.7 Å². The van der Waals surface area contributed by atoms with Gasteiger partial charge in [0.05, 0.1) is 12.2 Å². The third-order valence-corrected chi connectivity index (χ3v) is 4.34. The molecule has 150 valence electrons. The van der Waals surface area contributed by atoms with Crippen molar-refractivity contribution in [3.63, 3.8) is 0 Å². The number of benzene rings is 1. The van der Waals surface area contributed by atoms with E-state index in [0.29, 0.717) is 36.8 Å². The Hall–Kier alpha value is -3.45. The lowest BCUT2D eigenvalue weighted by Crippen LogP contribution is -2.25. The molecule has 3 aromatic rings. The minimum absolute atomic E-state index is 0.189. The van der Waals surface area contributed by atoms with E-state index < -0.39 is 0 Å². The van der Waals surface area contributed by atoms with Gasteiger partial charge in [-0.05, 0) is 35.2 Å². The van der Waals surface area contributed by atoms with Gasteiger partial charge in [0.1, 0.15) is 12.4 Å². The van der Waals surface area contributed by atoms with Crippen molar-refractivity contribution in [1.29, 1.82) is 0 Å². The van der Waals surface area contributed by atoms with Gasteiger partial charge in [0.15, 0.2) is 0 Å². The second-order valence-electron chi connectivity index (χ2n) is 6.62. The Bertz CT molecular complexity index is 957. The molecule has 0 unspecified atom stereocenters. The number of nitrogens with zero attached hydrogens (tertiary/aromatic N) is 2. The molecule has 0 saturated carbocycles. The minimum Gasteiger partial charge on any atom is -0.473 e. The van der Waals surface area contributed by atoms with Crippen molar-refractivity contribution in [2.75, 3.05) is 12.8 Å². The van der Waals surface area contributed by atoms with Gasteiger partial charge in [-0.3, -0.25) is 4.79 Å². The van der Waals surface area contributed by atoms with E-state index in [1.54, 1.807) is 25.6 Å². The summed E-state index contributed by atoms with van der Waals surface area (Å²) in [6.45, 7) is 3.07. The molecular formula is C22H24N4O3. The highest BCUT2D eigenvalue weighted by atomic mass is 16.5. The number of aromatic nitrogens is 2. The lowest BCUT2D eigenvalue weighted by atomic mass is 10.1. The second kappa shape index (κ2) is 9.66. The van der Waals surface area contributed by atoms with E-state index in [4.69, 9.17) is 15.2 Å². The van der Waals surface area contributed by atoms with Gasteiger partial charge in [0.25, 0.3) is 5.91 Å². The van der Waals surface area contributed by atoms with Crippen LogP contribution in [0.4, 0.5) is 5.82 Å². The van der Waals surface area contributed by atoms with Crippen LogP contribution in [0, 0.1) is 6.92 Å². The molecule has 29 heavy (non-hydrogen) atoms. The van der Waals surface area contributed by atoms with Gasteiger partial charge in [-0.2, -0.15) is 0 Å². The number of nitrogen functional groups attached to an aromatic ring is 1. The maximum absolute atomic E-state index is 12.6. The number of pyridine rings is 2. The number of carbonyl (C=O) groups is 1. The first-order chi connectivity index (χ1) is 14.1. The first kappa shape index (κ1) is 20.3. The number of nitrogens with two attached hydrogens (primary N) is 1. The number of nitrogens with one attached hydrogen (secondary N) is 1. The van der Waals surface area contributed by atoms with Gasteiger partial charge in [0, 0.05) is 32.1 Å². The largest absolute Gasteiger partial charge is 0.473 e. The number of carbonyl (C=O) groups excluding carboxylic acids is 1. The maximum atomic E-state index is 12.6. The number of methoxy groups -OCH3 is 1. The van der Waals surface area contributed by atoms with Gasteiger partial charge in [0.2, 0.25) is 5.88 Å². The van der Waals surface area contributed by atoms with Crippen molar-refractivity contribution in [1.82, 2.24) is 15.3 Å². The zero-order valence-corrected chi connectivity index (χ0v) is 16.5. The van der Waals surface area contributed by atoms with Crippen molar-refractivity contribution in [3.8, 4) is 5.88 Å². The molecule has 2 heterocycles. The zero-order valence-electron chi connectivity index (χ0n) is 16.5.